The van der Waals surface area contributed by atoms with Gasteiger partial charge < -0.3 is 14.6 Å². The molecule has 1 saturated heterocycles. The number of amides is 1. The van der Waals surface area contributed by atoms with Gasteiger partial charge in [0.05, 0.1) is 5.56 Å². The fourth-order valence-corrected chi connectivity index (χ4v) is 4.08. The molecule has 27 heavy (non-hydrogen) atoms. The van der Waals surface area contributed by atoms with Gasteiger partial charge in [0.1, 0.15) is 5.52 Å². The van der Waals surface area contributed by atoms with Crippen LogP contribution in [-0.2, 0) is 0 Å². The second-order valence-electron chi connectivity index (χ2n) is 6.80. The maximum Gasteiger partial charge on any atom is 0.298 e. The number of aromatic nitrogens is 1. The van der Waals surface area contributed by atoms with Crippen LogP contribution in [0.2, 0.25) is 0 Å². The number of nitrogens with one attached hydrogen (secondary N) is 1. The molecule has 140 valence electrons. The van der Waals surface area contributed by atoms with Crippen LogP contribution in [-0.4, -0.2) is 36.8 Å². The fourth-order valence-electron chi connectivity index (χ4n) is 3.49. The summed E-state index contributed by atoms with van der Waals surface area (Å²) in [5, 5.41) is 3.11. The van der Waals surface area contributed by atoms with E-state index in [1.807, 2.05) is 54.8 Å². The number of piperidine rings is 1. The number of oxazole rings is 1. The molecule has 1 fully saturated rings. The zero-order valence-electron chi connectivity index (χ0n) is 15.4. The number of carbonyl (C=O) groups excluding carboxylic acids is 1. The minimum absolute atomic E-state index is 0.0151. The van der Waals surface area contributed by atoms with Crippen molar-refractivity contribution in [3.8, 4) is 0 Å². The molecule has 6 heteroatoms. The number of hydrogen-bond donors (Lipinski definition) is 1. The van der Waals surface area contributed by atoms with Crippen LogP contribution in [0.15, 0.2) is 57.8 Å². The topological polar surface area (TPSA) is 58.4 Å². The number of nitrogens with zero attached hydrogens (tertiary/aromatic N) is 2. The second kappa shape index (κ2) is 8.05. The molecule has 0 spiro atoms. The largest absolute Gasteiger partial charge is 0.423 e. The van der Waals surface area contributed by atoms with Crippen molar-refractivity contribution in [3.05, 3.63) is 54.1 Å². The lowest BCUT2D eigenvalue weighted by Crippen LogP contribution is -2.38. The lowest BCUT2D eigenvalue weighted by molar-refractivity contribution is 0.0942. The third-order valence-electron chi connectivity index (χ3n) is 5.07. The van der Waals surface area contributed by atoms with Crippen LogP contribution < -0.4 is 10.2 Å². The molecule has 2 aromatic carbocycles. The van der Waals surface area contributed by atoms with Crippen LogP contribution in [0.5, 0.6) is 0 Å². The van der Waals surface area contributed by atoms with Gasteiger partial charge in [-0.15, -0.1) is 11.8 Å². The number of thioether (sulfide) groups is 1. The Labute approximate surface area is 163 Å². The van der Waals surface area contributed by atoms with Crippen molar-refractivity contribution in [2.75, 3.05) is 30.8 Å². The molecule has 1 aliphatic rings. The Balaban J connectivity index is 1.31. The van der Waals surface area contributed by atoms with E-state index in [1.165, 1.54) is 0 Å². The molecule has 4 rings (SSSR count). The predicted molar refractivity (Wildman–Crippen MR) is 110 cm³/mol. The molecule has 0 unspecified atom stereocenters. The number of rotatable bonds is 5. The van der Waals surface area contributed by atoms with Crippen molar-refractivity contribution in [1.82, 2.24) is 10.3 Å². The van der Waals surface area contributed by atoms with Gasteiger partial charge in [0.15, 0.2) is 5.58 Å². The average Bonchev–Trinajstić information content (AvgIpc) is 3.16. The third-order valence-corrected chi connectivity index (χ3v) is 5.87. The number of para-hydroxylation sites is 2. The smallest absolute Gasteiger partial charge is 0.298 e. The number of fused-ring (bicyclic) bond motifs is 1. The summed E-state index contributed by atoms with van der Waals surface area (Å²) in [5.74, 6) is 0.498. The van der Waals surface area contributed by atoms with E-state index in [2.05, 4.69) is 15.2 Å². The van der Waals surface area contributed by atoms with Crippen LogP contribution in [0.4, 0.5) is 6.01 Å². The SMILES string of the molecule is CSc1ccccc1C(=O)NCC1CCN(c2nc3ccccc3o2)CC1. The quantitative estimate of drug-likeness (QED) is 0.672. The van der Waals surface area contributed by atoms with Crippen molar-refractivity contribution >= 4 is 34.8 Å². The van der Waals surface area contributed by atoms with Gasteiger partial charge in [0.25, 0.3) is 11.9 Å². The first kappa shape index (κ1) is 17.9. The molecule has 0 atom stereocenters. The maximum atomic E-state index is 12.5. The predicted octanol–water partition coefficient (Wildman–Crippen LogP) is 4.20. The minimum atomic E-state index is 0.0151. The first-order valence-electron chi connectivity index (χ1n) is 9.26. The van der Waals surface area contributed by atoms with Gasteiger partial charge in [-0.05, 0) is 49.3 Å². The zero-order chi connectivity index (χ0) is 18.6. The Morgan fingerprint density at radius 2 is 1.93 bits per heavy atom. The molecule has 1 aliphatic heterocycles. The van der Waals surface area contributed by atoms with Crippen LogP contribution in [0.3, 0.4) is 0 Å². The molecule has 1 aromatic heterocycles. The summed E-state index contributed by atoms with van der Waals surface area (Å²) >= 11 is 1.60. The molecule has 1 amide bonds. The van der Waals surface area contributed by atoms with Crippen LogP contribution in [0, 0.1) is 5.92 Å². The number of benzene rings is 2. The van der Waals surface area contributed by atoms with E-state index in [1.54, 1.807) is 11.8 Å². The Bertz CT molecular complexity index is 899. The lowest BCUT2D eigenvalue weighted by Gasteiger charge is -2.30. The van der Waals surface area contributed by atoms with Gasteiger partial charge in [-0.25, -0.2) is 0 Å². The monoisotopic (exact) mass is 381 g/mol. The average molecular weight is 382 g/mol. The highest BCUT2D eigenvalue weighted by molar-refractivity contribution is 7.98. The summed E-state index contributed by atoms with van der Waals surface area (Å²) < 4.78 is 5.87. The number of hydrogen-bond acceptors (Lipinski definition) is 5. The highest BCUT2D eigenvalue weighted by Crippen LogP contribution is 2.26. The highest BCUT2D eigenvalue weighted by atomic mass is 32.2. The molecule has 5 nitrogen and oxygen atoms in total. The summed E-state index contributed by atoms with van der Waals surface area (Å²) in [7, 11) is 0. The molecular formula is C21H23N3O2S. The van der Waals surface area contributed by atoms with Crippen LogP contribution in [0.25, 0.3) is 11.1 Å². The Morgan fingerprint density at radius 1 is 1.19 bits per heavy atom. The van der Waals surface area contributed by atoms with Gasteiger partial charge in [0, 0.05) is 24.5 Å². The van der Waals surface area contributed by atoms with Crippen molar-refractivity contribution in [1.29, 1.82) is 0 Å². The molecule has 3 aromatic rings. The van der Waals surface area contributed by atoms with E-state index in [-0.39, 0.29) is 5.91 Å². The standard InChI is InChI=1S/C21H23N3O2S/c1-27-19-9-5-2-6-16(19)20(25)22-14-15-10-12-24(13-11-15)21-23-17-7-3-4-8-18(17)26-21/h2-9,15H,10-14H2,1H3,(H,22,25). The van der Waals surface area contributed by atoms with Crippen molar-refractivity contribution in [2.24, 2.45) is 5.92 Å². The Morgan fingerprint density at radius 3 is 2.70 bits per heavy atom. The van der Waals surface area contributed by atoms with Crippen molar-refractivity contribution < 1.29 is 9.21 Å². The normalized spacial score (nSPS) is 15.2. The zero-order valence-corrected chi connectivity index (χ0v) is 16.2. The first-order chi connectivity index (χ1) is 13.2. The van der Waals surface area contributed by atoms with E-state index < -0.39 is 0 Å². The molecular weight excluding hydrogens is 358 g/mol. The van der Waals surface area contributed by atoms with Crippen molar-refractivity contribution in [3.63, 3.8) is 0 Å². The fraction of sp³-hybridized carbons (Fsp3) is 0.333. The molecule has 0 saturated carbocycles. The maximum absolute atomic E-state index is 12.5. The van der Waals surface area contributed by atoms with Gasteiger partial charge >= 0.3 is 0 Å². The van der Waals surface area contributed by atoms with E-state index in [9.17, 15) is 4.79 Å². The molecule has 0 bridgehead atoms. The minimum Gasteiger partial charge on any atom is -0.423 e. The summed E-state index contributed by atoms with van der Waals surface area (Å²) in [6.45, 7) is 2.51. The summed E-state index contributed by atoms with van der Waals surface area (Å²) in [4.78, 5) is 20.3. The second-order valence-corrected chi connectivity index (χ2v) is 7.65. The molecule has 0 aliphatic carbocycles. The highest BCUT2D eigenvalue weighted by Gasteiger charge is 2.23. The molecule has 0 radical (unpaired) electrons. The van der Waals surface area contributed by atoms with E-state index in [4.69, 9.17) is 4.42 Å². The van der Waals surface area contributed by atoms with Crippen molar-refractivity contribution in [2.45, 2.75) is 17.7 Å². The van der Waals surface area contributed by atoms with Gasteiger partial charge in [-0.2, -0.15) is 4.98 Å². The molecule has 2 heterocycles. The summed E-state index contributed by atoms with van der Waals surface area (Å²) in [6, 6.07) is 16.3. The van der Waals surface area contributed by atoms with E-state index >= 15 is 0 Å². The van der Waals surface area contributed by atoms with E-state index in [0.29, 0.717) is 18.5 Å². The lowest BCUT2D eigenvalue weighted by atomic mass is 9.97. The molecule has 1 N–H and O–H groups in total. The van der Waals surface area contributed by atoms with Gasteiger partial charge in [-0.1, -0.05) is 24.3 Å². The van der Waals surface area contributed by atoms with Crippen LogP contribution in [0.1, 0.15) is 23.2 Å². The van der Waals surface area contributed by atoms with Gasteiger partial charge in [0.2, 0.25) is 0 Å². The van der Waals surface area contributed by atoms with E-state index in [0.717, 1.165) is 47.5 Å². The first-order valence-corrected chi connectivity index (χ1v) is 10.5. The number of anilines is 1. The number of carbonyl (C=O) groups is 1. The summed E-state index contributed by atoms with van der Waals surface area (Å²) in [5.41, 5.74) is 2.48. The third kappa shape index (κ3) is 3.95. The summed E-state index contributed by atoms with van der Waals surface area (Å²) in [6.07, 6.45) is 4.03. The van der Waals surface area contributed by atoms with Gasteiger partial charge in [-0.3, -0.25) is 4.79 Å². The Hall–Kier alpha value is -2.47. The Kier molecular flexibility index (Phi) is 5.34. The van der Waals surface area contributed by atoms with Crippen LogP contribution >= 0.6 is 11.8 Å².